The Morgan fingerprint density at radius 2 is 1.73 bits per heavy atom. The fourth-order valence-corrected chi connectivity index (χ4v) is 3.49. The Kier molecular flexibility index (Phi) is 6.56. The number of hydrogen-bond donors (Lipinski definition) is 0. The van der Waals surface area contributed by atoms with E-state index in [9.17, 15) is 4.79 Å². The minimum absolute atomic E-state index is 0.000945. The van der Waals surface area contributed by atoms with Gasteiger partial charge >= 0.3 is 0 Å². The molecule has 1 amide bonds. The third kappa shape index (κ3) is 5.14. The van der Waals surface area contributed by atoms with Gasteiger partial charge < -0.3 is 9.64 Å². The lowest BCUT2D eigenvalue weighted by molar-refractivity contribution is -0.134. The second kappa shape index (κ2) is 9.69. The van der Waals surface area contributed by atoms with Gasteiger partial charge in [0, 0.05) is 38.3 Å². The Labute approximate surface area is 180 Å². The molecule has 1 aliphatic heterocycles. The Morgan fingerprint density at radius 1 is 1.00 bits per heavy atom. The van der Waals surface area contributed by atoms with Crippen molar-refractivity contribution in [2.24, 2.45) is 0 Å². The molecule has 0 bridgehead atoms. The van der Waals surface area contributed by atoms with Crippen LogP contribution in [0.3, 0.4) is 0 Å². The number of hydrogen-bond acceptors (Lipinski definition) is 6. The third-order valence-corrected chi connectivity index (χ3v) is 5.30. The smallest absolute Gasteiger partial charge is 0.246 e. The van der Waals surface area contributed by atoms with Crippen LogP contribution in [0.5, 0.6) is 5.75 Å². The third-order valence-electron chi connectivity index (χ3n) is 4.99. The summed E-state index contributed by atoms with van der Waals surface area (Å²) in [6.45, 7) is 4.39. The molecule has 9 heteroatoms. The molecule has 0 unspecified atom stereocenters. The van der Waals surface area contributed by atoms with Crippen LogP contribution in [-0.4, -0.2) is 75.2 Å². The fraction of sp³-hybridized carbons (Fsp3) is 0.333. The van der Waals surface area contributed by atoms with Gasteiger partial charge in [-0.05, 0) is 17.3 Å². The topological polar surface area (TPSA) is 76.4 Å². The zero-order chi connectivity index (χ0) is 20.8. The first-order valence-corrected chi connectivity index (χ1v) is 10.3. The Morgan fingerprint density at radius 3 is 2.50 bits per heavy atom. The number of carbonyl (C=O) groups excluding carboxylic acids is 1. The molecule has 1 saturated heterocycles. The average Bonchev–Trinajstić information content (AvgIpc) is 3.25. The van der Waals surface area contributed by atoms with Gasteiger partial charge in [0.15, 0.2) is 0 Å². The summed E-state index contributed by atoms with van der Waals surface area (Å²) in [7, 11) is 0. The summed E-state index contributed by atoms with van der Waals surface area (Å²) < 4.78 is 5.75. The van der Waals surface area contributed by atoms with Gasteiger partial charge in [-0.1, -0.05) is 54.1 Å². The second-order valence-electron chi connectivity index (χ2n) is 7.01. The molecule has 30 heavy (non-hydrogen) atoms. The first-order valence-electron chi connectivity index (χ1n) is 9.90. The van der Waals surface area contributed by atoms with Gasteiger partial charge in [-0.2, -0.15) is 4.80 Å². The summed E-state index contributed by atoms with van der Waals surface area (Å²) in [5.41, 5.74) is 0.879. The summed E-state index contributed by atoms with van der Waals surface area (Å²) in [6, 6.07) is 17.0. The number of tetrazole rings is 1. The van der Waals surface area contributed by atoms with Gasteiger partial charge in [0.2, 0.25) is 11.7 Å². The highest BCUT2D eigenvalue weighted by molar-refractivity contribution is 6.32. The van der Waals surface area contributed by atoms with E-state index in [1.807, 2.05) is 59.5 Å². The number of rotatable bonds is 7. The van der Waals surface area contributed by atoms with E-state index in [-0.39, 0.29) is 12.5 Å². The van der Waals surface area contributed by atoms with Gasteiger partial charge in [-0.15, -0.1) is 10.2 Å². The van der Waals surface area contributed by atoms with Gasteiger partial charge in [0.05, 0.1) is 5.02 Å². The first kappa shape index (κ1) is 20.3. The predicted molar refractivity (Wildman–Crippen MR) is 113 cm³/mol. The van der Waals surface area contributed by atoms with Crippen LogP contribution < -0.4 is 4.74 Å². The van der Waals surface area contributed by atoms with Crippen LogP contribution >= 0.6 is 11.6 Å². The molecule has 0 aliphatic carbocycles. The predicted octanol–water partition coefficient (Wildman–Crippen LogP) is 2.22. The normalized spacial score (nSPS) is 14.6. The molecule has 1 aliphatic rings. The van der Waals surface area contributed by atoms with E-state index >= 15 is 0 Å². The molecular weight excluding hydrogens is 404 g/mol. The molecule has 0 radical (unpaired) electrons. The van der Waals surface area contributed by atoms with E-state index in [1.165, 1.54) is 4.80 Å². The minimum atomic E-state index is -0.000945. The van der Waals surface area contributed by atoms with Crippen LogP contribution in [0.1, 0.15) is 0 Å². The maximum Gasteiger partial charge on any atom is 0.246 e. The molecule has 2 heterocycles. The second-order valence-corrected chi connectivity index (χ2v) is 7.42. The van der Waals surface area contributed by atoms with Crippen molar-refractivity contribution >= 4 is 17.5 Å². The summed E-state index contributed by atoms with van der Waals surface area (Å²) >= 11 is 6.10. The minimum Gasteiger partial charge on any atom is -0.491 e. The van der Waals surface area contributed by atoms with E-state index in [0.717, 1.165) is 25.2 Å². The van der Waals surface area contributed by atoms with Gasteiger partial charge in [0.25, 0.3) is 0 Å². The van der Waals surface area contributed by atoms with Crippen molar-refractivity contribution in [3.63, 3.8) is 0 Å². The molecule has 0 spiro atoms. The van der Waals surface area contributed by atoms with E-state index in [4.69, 9.17) is 16.3 Å². The van der Waals surface area contributed by atoms with Gasteiger partial charge in [-0.3, -0.25) is 9.69 Å². The van der Waals surface area contributed by atoms with Crippen LogP contribution in [0.25, 0.3) is 11.4 Å². The van der Waals surface area contributed by atoms with Gasteiger partial charge in [-0.25, -0.2) is 0 Å². The van der Waals surface area contributed by atoms with E-state index in [1.54, 1.807) is 0 Å². The Balaban J connectivity index is 1.21. The number of para-hydroxylation sites is 1. The zero-order valence-electron chi connectivity index (χ0n) is 16.5. The molecule has 2 aromatic carbocycles. The molecular formula is C21H23ClN6O2. The number of ether oxygens (including phenoxy) is 1. The van der Waals surface area contributed by atoms with Crippen molar-refractivity contribution in [1.29, 1.82) is 0 Å². The fourth-order valence-electron chi connectivity index (χ4n) is 3.30. The van der Waals surface area contributed by atoms with E-state index in [2.05, 4.69) is 20.3 Å². The molecule has 0 saturated carbocycles. The lowest BCUT2D eigenvalue weighted by Gasteiger charge is -2.34. The van der Waals surface area contributed by atoms with Crippen LogP contribution in [0, 0.1) is 0 Å². The number of nitrogens with zero attached hydrogens (tertiary/aromatic N) is 6. The molecule has 0 N–H and O–H groups in total. The summed E-state index contributed by atoms with van der Waals surface area (Å²) in [4.78, 5) is 18.1. The number of amides is 1. The lowest BCUT2D eigenvalue weighted by atomic mass is 10.2. The maximum absolute atomic E-state index is 12.6. The van der Waals surface area contributed by atoms with Crippen LogP contribution in [0.15, 0.2) is 54.6 Å². The lowest BCUT2D eigenvalue weighted by Crippen LogP contribution is -2.50. The highest BCUT2D eigenvalue weighted by atomic mass is 35.5. The number of carbonyl (C=O) groups is 1. The maximum atomic E-state index is 12.6. The largest absolute Gasteiger partial charge is 0.491 e. The summed E-state index contributed by atoms with van der Waals surface area (Å²) in [5.74, 6) is 1.22. The quantitative estimate of drug-likeness (QED) is 0.576. The SMILES string of the molecule is O=C(Cn1nnc(-c2ccccc2)n1)N1CCN(CCOc2ccccc2Cl)CC1. The van der Waals surface area contributed by atoms with E-state index < -0.39 is 0 Å². The molecule has 3 aromatic rings. The van der Waals surface area contributed by atoms with Gasteiger partial charge in [0.1, 0.15) is 18.9 Å². The van der Waals surface area contributed by atoms with Crippen molar-refractivity contribution < 1.29 is 9.53 Å². The van der Waals surface area contributed by atoms with Crippen LogP contribution in [0.4, 0.5) is 0 Å². The molecule has 8 nitrogen and oxygen atoms in total. The van der Waals surface area contributed by atoms with Crippen molar-refractivity contribution in [3.8, 4) is 17.1 Å². The Hall–Kier alpha value is -2.97. The number of halogens is 1. The van der Waals surface area contributed by atoms with E-state index in [0.29, 0.717) is 36.3 Å². The molecule has 1 aromatic heterocycles. The molecule has 4 rings (SSSR count). The zero-order valence-corrected chi connectivity index (χ0v) is 17.3. The number of aromatic nitrogens is 4. The highest BCUT2D eigenvalue weighted by Crippen LogP contribution is 2.22. The summed E-state index contributed by atoms with van der Waals surface area (Å²) in [5, 5.41) is 13.0. The standard InChI is InChI=1S/C21H23ClN6O2/c22-18-8-4-5-9-19(18)30-15-14-26-10-12-27(13-11-26)20(29)16-28-24-21(23-25-28)17-6-2-1-3-7-17/h1-9H,10-16H2. The van der Waals surface area contributed by atoms with Crippen molar-refractivity contribution in [3.05, 3.63) is 59.6 Å². The van der Waals surface area contributed by atoms with Crippen LogP contribution in [-0.2, 0) is 11.3 Å². The van der Waals surface area contributed by atoms with Crippen molar-refractivity contribution in [1.82, 2.24) is 30.0 Å². The van der Waals surface area contributed by atoms with Crippen LogP contribution in [0.2, 0.25) is 5.02 Å². The first-order chi connectivity index (χ1) is 14.7. The number of benzene rings is 2. The van der Waals surface area contributed by atoms with Crippen molar-refractivity contribution in [2.45, 2.75) is 6.54 Å². The highest BCUT2D eigenvalue weighted by Gasteiger charge is 2.22. The Bertz CT molecular complexity index is 972. The number of piperazine rings is 1. The average molecular weight is 427 g/mol. The molecule has 156 valence electrons. The monoisotopic (exact) mass is 426 g/mol. The summed E-state index contributed by atoms with van der Waals surface area (Å²) in [6.07, 6.45) is 0. The molecule has 0 atom stereocenters. The van der Waals surface area contributed by atoms with Crippen molar-refractivity contribution in [2.75, 3.05) is 39.3 Å². The molecule has 1 fully saturated rings.